The number of rotatable bonds is 4. The van der Waals surface area contributed by atoms with Crippen LogP contribution >= 0.6 is 11.6 Å². The minimum Gasteiger partial charge on any atom is -0.480 e. The second-order valence-corrected chi connectivity index (χ2v) is 3.74. The SMILES string of the molecule is CN(CC(N)C(=O)O)c1ccc(Cl)cc1. The van der Waals surface area contributed by atoms with E-state index in [1.54, 1.807) is 24.1 Å². The van der Waals surface area contributed by atoms with Gasteiger partial charge in [-0.15, -0.1) is 0 Å². The van der Waals surface area contributed by atoms with Gasteiger partial charge in [0.15, 0.2) is 0 Å². The van der Waals surface area contributed by atoms with Crippen LogP contribution in [0.5, 0.6) is 0 Å². The fourth-order valence-corrected chi connectivity index (χ4v) is 1.30. The van der Waals surface area contributed by atoms with Gasteiger partial charge in [0.1, 0.15) is 6.04 Å². The number of benzene rings is 1. The highest BCUT2D eigenvalue weighted by atomic mass is 35.5. The van der Waals surface area contributed by atoms with Gasteiger partial charge in [-0.3, -0.25) is 4.79 Å². The van der Waals surface area contributed by atoms with Crippen LogP contribution in [0.1, 0.15) is 0 Å². The largest absolute Gasteiger partial charge is 0.480 e. The van der Waals surface area contributed by atoms with Crippen molar-refractivity contribution in [1.29, 1.82) is 0 Å². The second kappa shape index (κ2) is 5.00. The van der Waals surface area contributed by atoms with Crippen molar-refractivity contribution >= 4 is 23.3 Å². The van der Waals surface area contributed by atoms with Crippen molar-refractivity contribution in [2.75, 3.05) is 18.5 Å². The quantitative estimate of drug-likeness (QED) is 0.813. The minimum atomic E-state index is -1.00. The number of nitrogens with two attached hydrogens (primary N) is 1. The van der Waals surface area contributed by atoms with Gasteiger partial charge in [-0.25, -0.2) is 0 Å². The maximum atomic E-state index is 10.5. The Hall–Kier alpha value is -1.26. The van der Waals surface area contributed by atoms with Gasteiger partial charge in [-0.1, -0.05) is 11.6 Å². The van der Waals surface area contributed by atoms with E-state index in [0.717, 1.165) is 5.69 Å². The molecule has 0 aliphatic carbocycles. The van der Waals surface area contributed by atoms with Gasteiger partial charge in [0.2, 0.25) is 0 Å². The lowest BCUT2D eigenvalue weighted by Crippen LogP contribution is -2.41. The van der Waals surface area contributed by atoms with Crippen molar-refractivity contribution in [2.24, 2.45) is 5.73 Å². The van der Waals surface area contributed by atoms with Crippen LogP contribution in [0.15, 0.2) is 24.3 Å². The smallest absolute Gasteiger partial charge is 0.322 e. The fraction of sp³-hybridized carbons (Fsp3) is 0.300. The summed E-state index contributed by atoms with van der Waals surface area (Å²) in [6.45, 7) is 0.261. The first kappa shape index (κ1) is 11.8. The van der Waals surface area contributed by atoms with Crippen LogP contribution in [0.2, 0.25) is 5.02 Å². The summed E-state index contributed by atoms with van der Waals surface area (Å²) in [5, 5.41) is 9.30. The first-order valence-electron chi connectivity index (χ1n) is 4.46. The molecule has 0 saturated carbocycles. The number of halogens is 1. The Morgan fingerprint density at radius 2 is 2.07 bits per heavy atom. The van der Waals surface area contributed by atoms with Crippen LogP contribution in [0.3, 0.4) is 0 Å². The molecule has 3 N–H and O–H groups in total. The third-order valence-corrected chi connectivity index (χ3v) is 2.31. The lowest BCUT2D eigenvalue weighted by Gasteiger charge is -2.21. The van der Waals surface area contributed by atoms with Crippen molar-refractivity contribution in [3.63, 3.8) is 0 Å². The number of hydrogen-bond donors (Lipinski definition) is 2. The summed E-state index contributed by atoms with van der Waals surface area (Å²) in [4.78, 5) is 12.3. The Kier molecular flexibility index (Phi) is 3.94. The molecule has 1 rings (SSSR count). The fourth-order valence-electron chi connectivity index (χ4n) is 1.17. The van der Waals surface area contributed by atoms with E-state index >= 15 is 0 Å². The molecule has 0 spiro atoms. The molecule has 15 heavy (non-hydrogen) atoms. The summed E-state index contributed by atoms with van der Waals surface area (Å²) in [5.74, 6) is -1.00. The summed E-state index contributed by atoms with van der Waals surface area (Å²) in [7, 11) is 1.78. The number of hydrogen-bond acceptors (Lipinski definition) is 3. The Morgan fingerprint density at radius 3 is 2.53 bits per heavy atom. The third kappa shape index (κ3) is 3.42. The van der Waals surface area contributed by atoms with Gasteiger partial charge < -0.3 is 15.7 Å². The van der Waals surface area contributed by atoms with Crippen molar-refractivity contribution in [2.45, 2.75) is 6.04 Å². The van der Waals surface area contributed by atoms with Gasteiger partial charge >= 0.3 is 5.97 Å². The van der Waals surface area contributed by atoms with Crippen molar-refractivity contribution in [3.05, 3.63) is 29.3 Å². The van der Waals surface area contributed by atoms with Crippen LogP contribution in [0, 0.1) is 0 Å². The van der Waals surface area contributed by atoms with Crippen LogP contribution in [0.25, 0.3) is 0 Å². The number of anilines is 1. The molecule has 0 saturated heterocycles. The van der Waals surface area contributed by atoms with Crippen LogP contribution in [-0.2, 0) is 4.79 Å². The minimum absolute atomic E-state index is 0.261. The van der Waals surface area contributed by atoms with E-state index in [2.05, 4.69) is 0 Å². The number of carboxylic acids is 1. The zero-order valence-corrected chi connectivity index (χ0v) is 9.11. The average Bonchev–Trinajstić information content (AvgIpc) is 2.18. The van der Waals surface area contributed by atoms with Gasteiger partial charge in [-0.05, 0) is 24.3 Å². The molecule has 4 nitrogen and oxygen atoms in total. The van der Waals surface area contributed by atoms with Gasteiger partial charge in [0.25, 0.3) is 0 Å². The summed E-state index contributed by atoms with van der Waals surface area (Å²) in [5.41, 5.74) is 6.30. The van der Waals surface area contributed by atoms with E-state index in [1.807, 2.05) is 12.1 Å². The summed E-state index contributed by atoms with van der Waals surface area (Å²) in [6.07, 6.45) is 0. The Balaban J connectivity index is 2.64. The van der Waals surface area contributed by atoms with Gasteiger partial charge in [-0.2, -0.15) is 0 Å². The molecule has 1 aromatic rings. The van der Waals surface area contributed by atoms with E-state index < -0.39 is 12.0 Å². The standard InChI is InChI=1S/C10H13ClN2O2/c1-13(6-9(12)10(14)15)8-4-2-7(11)3-5-8/h2-5,9H,6,12H2,1H3,(H,14,15). The summed E-state index contributed by atoms with van der Waals surface area (Å²) >= 11 is 5.74. The van der Waals surface area contributed by atoms with Crippen LogP contribution in [-0.4, -0.2) is 30.7 Å². The zero-order valence-electron chi connectivity index (χ0n) is 8.35. The molecule has 5 heteroatoms. The van der Waals surface area contributed by atoms with Crippen LogP contribution < -0.4 is 10.6 Å². The molecule has 1 atom stereocenters. The predicted molar refractivity (Wildman–Crippen MR) is 60.3 cm³/mol. The third-order valence-electron chi connectivity index (χ3n) is 2.06. The monoisotopic (exact) mass is 228 g/mol. The number of carboxylic acid groups (broad SMARTS) is 1. The molecule has 82 valence electrons. The molecule has 0 bridgehead atoms. The lowest BCUT2D eigenvalue weighted by atomic mass is 10.2. The second-order valence-electron chi connectivity index (χ2n) is 3.30. The summed E-state index contributed by atoms with van der Waals surface area (Å²) < 4.78 is 0. The van der Waals surface area contributed by atoms with Gasteiger partial charge in [0, 0.05) is 24.3 Å². The number of likely N-dealkylation sites (N-methyl/N-ethyl adjacent to an activating group) is 1. The molecule has 0 aliphatic rings. The summed E-state index contributed by atoms with van der Waals surface area (Å²) in [6, 6.07) is 6.25. The topological polar surface area (TPSA) is 66.6 Å². The molecule has 1 aromatic carbocycles. The number of aliphatic carboxylic acids is 1. The molecule has 1 unspecified atom stereocenters. The van der Waals surface area contributed by atoms with Crippen LogP contribution in [0.4, 0.5) is 5.69 Å². The molecule has 0 radical (unpaired) electrons. The molecular weight excluding hydrogens is 216 g/mol. The average molecular weight is 229 g/mol. The maximum Gasteiger partial charge on any atom is 0.322 e. The highest BCUT2D eigenvalue weighted by Gasteiger charge is 2.14. The molecule has 0 aromatic heterocycles. The van der Waals surface area contributed by atoms with Crippen molar-refractivity contribution in [3.8, 4) is 0 Å². The molecule has 0 amide bonds. The highest BCUT2D eigenvalue weighted by Crippen LogP contribution is 2.16. The van der Waals surface area contributed by atoms with E-state index in [1.165, 1.54) is 0 Å². The molecule has 0 heterocycles. The Labute approximate surface area is 93.2 Å². The first-order chi connectivity index (χ1) is 7.00. The van der Waals surface area contributed by atoms with E-state index in [0.29, 0.717) is 5.02 Å². The normalized spacial score (nSPS) is 12.2. The number of nitrogens with zero attached hydrogens (tertiary/aromatic N) is 1. The van der Waals surface area contributed by atoms with Crippen molar-refractivity contribution < 1.29 is 9.90 Å². The first-order valence-corrected chi connectivity index (χ1v) is 4.83. The predicted octanol–water partition coefficient (Wildman–Crippen LogP) is 1.19. The maximum absolute atomic E-state index is 10.5. The molecule has 0 aliphatic heterocycles. The van der Waals surface area contributed by atoms with E-state index in [-0.39, 0.29) is 6.54 Å². The molecular formula is C10H13ClN2O2. The lowest BCUT2D eigenvalue weighted by molar-refractivity contribution is -0.138. The zero-order chi connectivity index (χ0) is 11.4. The van der Waals surface area contributed by atoms with Crippen molar-refractivity contribution in [1.82, 2.24) is 0 Å². The number of carbonyl (C=O) groups is 1. The van der Waals surface area contributed by atoms with E-state index in [9.17, 15) is 4.79 Å². The van der Waals surface area contributed by atoms with Gasteiger partial charge in [0.05, 0.1) is 0 Å². The highest BCUT2D eigenvalue weighted by molar-refractivity contribution is 6.30. The van der Waals surface area contributed by atoms with E-state index in [4.69, 9.17) is 22.4 Å². The Morgan fingerprint density at radius 1 is 1.53 bits per heavy atom. The Bertz CT molecular complexity index is 340. The molecule has 0 fully saturated rings.